The highest BCUT2D eigenvalue weighted by Gasteiger charge is 2.06. The van der Waals surface area contributed by atoms with Crippen LogP contribution in [0, 0.1) is 6.92 Å². The van der Waals surface area contributed by atoms with Gasteiger partial charge in [0, 0.05) is 12.1 Å². The van der Waals surface area contributed by atoms with Crippen LogP contribution in [0.2, 0.25) is 0 Å². The lowest BCUT2D eigenvalue weighted by atomic mass is 10.1. The molecule has 0 bridgehead atoms. The minimum absolute atomic E-state index is 0.513. The maximum atomic E-state index is 4.42. The van der Waals surface area contributed by atoms with Crippen LogP contribution in [0.15, 0.2) is 30.3 Å². The number of nitrogens with zero attached hydrogens (tertiary/aromatic N) is 3. The minimum atomic E-state index is 0.513. The van der Waals surface area contributed by atoms with Gasteiger partial charge in [-0.05, 0) is 13.3 Å². The smallest absolute Gasteiger partial charge is 0.257 e. The lowest BCUT2D eigenvalue weighted by Gasteiger charge is -2.08. The summed E-state index contributed by atoms with van der Waals surface area (Å²) in [5.41, 5.74) is 8.82. The van der Waals surface area contributed by atoms with Gasteiger partial charge in [-0.2, -0.15) is 0 Å². The van der Waals surface area contributed by atoms with E-state index in [0.717, 1.165) is 29.9 Å². The van der Waals surface area contributed by atoms with Crippen LogP contribution in [-0.4, -0.2) is 21.7 Å². The van der Waals surface area contributed by atoms with Crippen LogP contribution in [0.25, 0.3) is 11.3 Å². The van der Waals surface area contributed by atoms with E-state index in [2.05, 4.69) is 33.0 Å². The van der Waals surface area contributed by atoms with E-state index in [1.807, 2.05) is 37.3 Å². The normalized spacial score (nSPS) is 10.5. The lowest BCUT2D eigenvalue weighted by Crippen LogP contribution is -2.24. The van der Waals surface area contributed by atoms with Crippen molar-refractivity contribution in [3.8, 4) is 11.3 Å². The molecule has 5 nitrogen and oxygen atoms in total. The van der Waals surface area contributed by atoms with Crippen LogP contribution in [0.1, 0.15) is 31.9 Å². The minimum Gasteiger partial charge on any atom is -0.288 e. The number of hydrogen-bond donors (Lipinski definition) is 2. The first-order valence-corrected chi connectivity index (χ1v) is 7.07. The Morgan fingerprint density at radius 2 is 1.85 bits per heavy atom. The summed E-state index contributed by atoms with van der Waals surface area (Å²) in [7, 11) is 0. The Labute approximate surface area is 119 Å². The van der Waals surface area contributed by atoms with Gasteiger partial charge in [-0.1, -0.05) is 50.1 Å². The summed E-state index contributed by atoms with van der Waals surface area (Å²) in [6.07, 6.45) is 3.57. The Morgan fingerprint density at radius 3 is 2.55 bits per heavy atom. The Kier molecular flexibility index (Phi) is 5.43. The van der Waals surface area contributed by atoms with Crippen LogP contribution < -0.4 is 10.9 Å². The predicted octanol–water partition coefficient (Wildman–Crippen LogP) is 2.95. The Balaban J connectivity index is 1.96. The van der Waals surface area contributed by atoms with Crippen molar-refractivity contribution >= 4 is 5.95 Å². The molecule has 2 N–H and O–H groups in total. The van der Waals surface area contributed by atoms with Crippen molar-refractivity contribution in [3.63, 3.8) is 0 Å². The van der Waals surface area contributed by atoms with Crippen LogP contribution in [-0.2, 0) is 0 Å². The first-order chi connectivity index (χ1) is 9.81. The molecule has 1 aromatic heterocycles. The Morgan fingerprint density at radius 1 is 1.05 bits per heavy atom. The second-order valence-electron chi connectivity index (χ2n) is 4.69. The third-order valence-corrected chi connectivity index (χ3v) is 3.01. The number of nitrogens with one attached hydrogen (secondary N) is 2. The van der Waals surface area contributed by atoms with Gasteiger partial charge >= 0.3 is 0 Å². The van der Waals surface area contributed by atoms with E-state index in [4.69, 9.17) is 0 Å². The van der Waals surface area contributed by atoms with Gasteiger partial charge in [-0.25, -0.2) is 10.4 Å². The van der Waals surface area contributed by atoms with E-state index in [-0.39, 0.29) is 0 Å². The zero-order chi connectivity index (χ0) is 14.2. The van der Waals surface area contributed by atoms with Gasteiger partial charge in [0.2, 0.25) is 0 Å². The van der Waals surface area contributed by atoms with E-state index in [1.165, 1.54) is 12.8 Å². The molecule has 20 heavy (non-hydrogen) atoms. The number of anilines is 1. The van der Waals surface area contributed by atoms with Gasteiger partial charge in [-0.15, -0.1) is 10.2 Å². The van der Waals surface area contributed by atoms with Crippen molar-refractivity contribution in [2.75, 3.05) is 12.0 Å². The van der Waals surface area contributed by atoms with Gasteiger partial charge in [0.05, 0.1) is 5.69 Å². The maximum absolute atomic E-state index is 4.42. The van der Waals surface area contributed by atoms with E-state index in [0.29, 0.717) is 5.95 Å². The molecule has 0 saturated carbocycles. The standard InChI is InChI=1S/C15H21N5/c1-3-4-8-11-16-19-15-17-12(2)14(18-20-15)13-9-6-5-7-10-13/h5-7,9-10,16H,3-4,8,11H2,1-2H3,(H,17,19,20). The summed E-state index contributed by atoms with van der Waals surface area (Å²) in [5.74, 6) is 0.513. The molecule has 0 aliphatic rings. The average molecular weight is 271 g/mol. The van der Waals surface area contributed by atoms with Gasteiger partial charge in [0.1, 0.15) is 5.69 Å². The first kappa shape index (κ1) is 14.4. The fourth-order valence-electron chi connectivity index (χ4n) is 1.92. The average Bonchev–Trinajstić information content (AvgIpc) is 2.48. The molecule has 2 aromatic rings. The summed E-state index contributed by atoms with van der Waals surface area (Å²) in [6.45, 7) is 5.03. The molecule has 0 fully saturated rings. The number of hydrogen-bond acceptors (Lipinski definition) is 5. The van der Waals surface area contributed by atoms with E-state index in [9.17, 15) is 0 Å². The molecule has 106 valence electrons. The monoisotopic (exact) mass is 271 g/mol. The van der Waals surface area contributed by atoms with Crippen molar-refractivity contribution in [1.29, 1.82) is 0 Å². The van der Waals surface area contributed by atoms with Crippen molar-refractivity contribution in [2.24, 2.45) is 0 Å². The molecule has 1 heterocycles. The molecule has 0 atom stereocenters. The van der Waals surface area contributed by atoms with Crippen molar-refractivity contribution < 1.29 is 0 Å². The van der Waals surface area contributed by atoms with Crippen LogP contribution in [0.5, 0.6) is 0 Å². The van der Waals surface area contributed by atoms with E-state index >= 15 is 0 Å². The van der Waals surface area contributed by atoms with Crippen molar-refractivity contribution in [1.82, 2.24) is 20.6 Å². The third-order valence-electron chi connectivity index (χ3n) is 3.01. The van der Waals surface area contributed by atoms with Crippen molar-refractivity contribution in [2.45, 2.75) is 33.1 Å². The summed E-state index contributed by atoms with van der Waals surface area (Å²) in [6, 6.07) is 9.97. The molecule has 0 amide bonds. The van der Waals surface area contributed by atoms with Crippen LogP contribution >= 0.6 is 0 Å². The molecule has 5 heteroatoms. The number of aryl methyl sites for hydroxylation is 1. The Hall–Kier alpha value is -2.01. The van der Waals surface area contributed by atoms with Gasteiger partial charge in [0.25, 0.3) is 5.95 Å². The quantitative estimate of drug-likeness (QED) is 0.599. The predicted molar refractivity (Wildman–Crippen MR) is 81.2 cm³/mol. The second-order valence-corrected chi connectivity index (χ2v) is 4.69. The molecular formula is C15H21N5. The van der Waals surface area contributed by atoms with Gasteiger partial charge < -0.3 is 0 Å². The topological polar surface area (TPSA) is 62.7 Å². The highest BCUT2D eigenvalue weighted by molar-refractivity contribution is 5.60. The number of aromatic nitrogens is 3. The first-order valence-electron chi connectivity index (χ1n) is 7.07. The number of unbranched alkanes of at least 4 members (excludes halogenated alkanes) is 2. The maximum Gasteiger partial charge on any atom is 0.257 e. The fourth-order valence-corrected chi connectivity index (χ4v) is 1.92. The highest BCUT2D eigenvalue weighted by atomic mass is 15.4. The number of rotatable bonds is 7. The SMILES string of the molecule is CCCCCNNc1nnc(-c2ccccc2)c(C)n1. The molecular weight excluding hydrogens is 250 g/mol. The number of benzene rings is 1. The van der Waals surface area contributed by atoms with Crippen molar-refractivity contribution in [3.05, 3.63) is 36.0 Å². The van der Waals surface area contributed by atoms with Crippen LogP contribution in [0.4, 0.5) is 5.95 Å². The molecule has 0 radical (unpaired) electrons. The van der Waals surface area contributed by atoms with Gasteiger partial charge in [-0.3, -0.25) is 5.43 Å². The lowest BCUT2D eigenvalue weighted by molar-refractivity contribution is 0.656. The van der Waals surface area contributed by atoms with E-state index in [1.54, 1.807) is 0 Å². The fraction of sp³-hybridized carbons (Fsp3) is 0.400. The zero-order valence-electron chi connectivity index (χ0n) is 12.1. The largest absolute Gasteiger partial charge is 0.288 e. The molecule has 0 aliphatic heterocycles. The third kappa shape index (κ3) is 3.99. The second kappa shape index (κ2) is 7.55. The molecule has 0 aliphatic carbocycles. The molecule has 0 unspecified atom stereocenters. The van der Waals surface area contributed by atoms with Gasteiger partial charge in [0.15, 0.2) is 0 Å². The summed E-state index contributed by atoms with van der Waals surface area (Å²) in [4.78, 5) is 4.42. The van der Waals surface area contributed by atoms with Crippen LogP contribution in [0.3, 0.4) is 0 Å². The highest BCUT2D eigenvalue weighted by Crippen LogP contribution is 2.18. The Bertz CT molecular complexity index is 527. The summed E-state index contributed by atoms with van der Waals surface area (Å²) >= 11 is 0. The molecule has 0 saturated heterocycles. The summed E-state index contributed by atoms with van der Waals surface area (Å²) in [5, 5.41) is 8.35. The zero-order valence-corrected chi connectivity index (χ0v) is 12.1. The van der Waals surface area contributed by atoms with E-state index < -0.39 is 0 Å². The molecule has 1 aromatic carbocycles. The molecule has 0 spiro atoms. The number of hydrazine groups is 1. The molecule has 2 rings (SSSR count). The summed E-state index contributed by atoms with van der Waals surface area (Å²) < 4.78 is 0.